The molecule has 0 saturated carbocycles. The summed E-state index contributed by atoms with van der Waals surface area (Å²) in [6.45, 7) is 0.306. The lowest BCUT2D eigenvalue weighted by atomic mass is 10.2. The van der Waals surface area contributed by atoms with Gasteiger partial charge in [-0.05, 0) is 35.9 Å². The van der Waals surface area contributed by atoms with Crippen LogP contribution in [0.4, 0.5) is 10.5 Å². The van der Waals surface area contributed by atoms with E-state index in [-0.39, 0.29) is 16.6 Å². The lowest BCUT2D eigenvalue weighted by Crippen LogP contribution is -2.28. The monoisotopic (exact) mass is 444 g/mol. The third-order valence-electron chi connectivity index (χ3n) is 4.00. The Morgan fingerprint density at radius 2 is 1.80 bits per heavy atom. The van der Waals surface area contributed by atoms with Gasteiger partial charge in [-0.15, -0.1) is 0 Å². The lowest BCUT2D eigenvalue weighted by Gasteiger charge is -2.10. The SMILES string of the molecule is CNC(=O)c1cc(Oc2ccc(CNC(=O)Nc3cccc(Cl)c3Cl)cc2)ccn1. The second-order valence-corrected chi connectivity index (χ2v) is 6.90. The van der Waals surface area contributed by atoms with Gasteiger partial charge in [0.1, 0.15) is 17.2 Å². The summed E-state index contributed by atoms with van der Waals surface area (Å²) in [5, 5.41) is 8.56. The first-order valence-corrected chi connectivity index (χ1v) is 9.65. The van der Waals surface area contributed by atoms with Crippen molar-refractivity contribution in [2.75, 3.05) is 12.4 Å². The van der Waals surface area contributed by atoms with Gasteiger partial charge < -0.3 is 20.7 Å². The zero-order valence-electron chi connectivity index (χ0n) is 15.9. The average Bonchev–Trinajstić information content (AvgIpc) is 2.76. The number of urea groups is 1. The second-order valence-electron chi connectivity index (χ2n) is 6.11. The molecule has 2 aromatic carbocycles. The largest absolute Gasteiger partial charge is 0.457 e. The van der Waals surface area contributed by atoms with E-state index in [1.807, 2.05) is 12.1 Å². The summed E-state index contributed by atoms with van der Waals surface area (Å²) in [6, 6.07) is 15.0. The fourth-order valence-corrected chi connectivity index (χ4v) is 2.84. The van der Waals surface area contributed by atoms with Gasteiger partial charge in [0, 0.05) is 25.9 Å². The van der Waals surface area contributed by atoms with Crippen molar-refractivity contribution in [2.24, 2.45) is 0 Å². The van der Waals surface area contributed by atoms with Crippen molar-refractivity contribution < 1.29 is 14.3 Å². The Bertz CT molecular complexity index is 1060. The minimum atomic E-state index is -0.405. The van der Waals surface area contributed by atoms with Crippen LogP contribution in [0.25, 0.3) is 0 Å². The lowest BCUT2D eigenvalue weighted by molar-refractivity contribution is 0.0958. The van der Waals surface area contributed by atoms with E-state index >= 15 is 0 Å². The van der Waals surface area contributed by atoms with E-state index in [2.05, 4.69) is 20.9 Å². The van der Waals surface area contributed by atoms with Gasteiger partial charge >= 0.3 is 6.03 Å². The number of pyridine rings is 1. The van der Waals surface area contributed by atoms with Gasteiger partial charge in [0.15, 0.2) is 0 Å². The molecule has 0 saturated heterocycles. The van der Waals surface area contributed by atoms with E-state index in [0.29, 0.717) is 28.8 Å². The number of carbonyl (C=O) groups is 2. The van der Waals surface area contributed by atoms with Crippen LogP contribution < -0.4 is 20.7 Å². The first-order valence-electron chi connectivity index (χ1n) is 8.90. The van der Waals surface area contributed by atoms with Crippen LogP contribution in [0.1, 0.15) is 16.1 Å². The van der Waals surface area contributed by atoms with Crippen molar-refractivity contribution in [1.82, 2.24) is 15.6 Å². The van der Waals surface area contributed by atoms with Gasteiger partial charge in [-0.1, -0.05) is 41.4 Å². The molecule has 1 heterocycles. The molecule has 0 atom stereocenters. The van der Waals surface area contributed by atoms with Crippen molar-refractivity contribution in [2.45, 2.75) is 6.54 Å². The third-order valence-corrected chi connectivity index (χ3v) is 4.82. The van der Waals surface area contributed by atoms with Crippen LogP contribution in [0.2, 0.25) is 10.0 Å². The van der Waals surface area contributed by atoms with Crippen molar-refractivity contribution in [3.63, 3.8) is 0 Å². The van der Waals surface area contributed by atoms with Crippen molar-refractivity contribution in [3.8, 4) is 11.5 Å². The average molecular weight is 445 g/mol. The Kier molecular flexibility index (Phi) is 7.11. The van der Waals surface area contributed by atoms with Crippen LogP contribution in [-0.4, -0.2) is 24.0 Å². The minimum absolute atomic E-state index is 0.265. The number of hydrogen-bond acceptors (Lipinski definition) is 4. The molecule has 0 aliphatic carbocycles. The van der Waals surface area contributed by atoms with Crippen LogP contribution in [-0.2, 0) is 6.54 Å². The molecule has 0 aliphatic rings. The van der Waals surface area contributed by atoms with Crippen molar-refractivity contribution in [3.05, 3.63) is 82.1 Å². The maximum Gasteiger partial charge on any atom is 0.319 e. The van der Waals surface area contributed by atoms with E-state index < -0.39 is 6.03 Å². The smallest absolute Gasteiger partial charge is 0.319 e. The van der Waals surface area contributed by atoms with Gasteiger partial charge in [-0.3, -0.25) is 9.78 Å². The highest BCUT2D eigenvalue weighted by molar-refractivity contribution is 6.43. The highest BCUT2D eigenvalue weighted by atomic mass is 35.5. The van der Waals surface area contributed by atoms with E-state index in [9.17, 15) is 9.59 Å². The topological polar surface area (TPSA) is 92.4 Å². The molecule has 7 nitrogen and oxygen atoms in total. The number of anilines is 1. The number of hydrogen-bond donors (Lipinski definition) is 3. The Hall–Kier alpha value is -3.29. The maximum absolute atomic E-state index is 12.1. The van der Waals surface area contributed by atoms with Crippen LogP contribution in [0.5, 0.6) is 11.5 Å². The van der Waals surface area contributed by atoms with Crippen molar-refractivity contribution in [1.29, 1.82) is 0 Å². The van der Waals surface area contributed by atoms with Gasteiger partial charge in [0.05, 0.1) is 15.7 Å². The zero-order valence-corrected chi connectivity index (χ0v) is 17.4. The number of nitrogens with one attached hydrogen (secondary N) is 3. The quantitative estimate of drug-likeness (QED) is 0.505. The van der Waals surface area contributed by atoms with E-state index in [1.165, 1.54) is 13.2 Å². The van der Waals surface area contributed by atoms with E-state index in [4.69, 9.17) is 27.9 Å². The van der Waals surface area contributed by atoms with Crippen LogP contribution >= 0.6 is 23.2 Å². The minimum Gasteiger partial charge on any atom is -0.457 e. The summed E-state index contributed by atoms with van der Waals surface area (Å²) < 4.78 is 5.75. The zero-order chi connectivity index (χ0) is 21.5. The van der Waals surface area contributed by atoms with Gasteiger partial charge in [-0.25, -0.2) is 4.79 Å². The van der Waals surface area contributed by atoms with E-state index in [0.717, 1.165) is 5.56 Å². The molecule has 1 aromatic heterocycles. The summed E-state index contributed by atoms with van der Waals surface area (Å²) in [6.07, 6.45) is 1.50. The number of halogens is 2. The van der Waals surface area contributed by atoms with E-state index in [1.54, 1.807) is 42.5 Å². The number of benzene rings is 2. The molecule has 3 rings (SSSR count). The fourth-order valence-electron chi connectivity index (χ4n) is 2.49. The third kappa shape index (κ3) is 5.62. The van der Waals surface area contributed by atoms with Crippen molar-refractivity contribution >= 4 is 40.8 Å². The highest BCUT2D eigenvalue weighted by Gasteiger charge is 2.09. The number of rotatable bonds is 6. The summed E-state index contributed by atoms with van der Waals surface area (Å²) >= 11 is 12.0. The molecular formula is C21H18Cl2N4O3. The number of amides is 3. The molecular weight excluding hydrogens is 427 g/mol. The summed E-state index contributed by atoms with van der Waals surface area (Å²) in [4.78, 5) is 27.7. The first-order chi connectivity index (χ1) is 14.5. The molecule has 0 unspecified atom stereocenters. The summed E-state index contributed by atoms with van der Waals surface area (Å²) in [7, 11) is 1.54. The number of nitrogens with zero attached hydrogens (tertiary/aromatic N) is 1. The Labute approximate surface area is 183 Å². The predicted molar refractivity (Wildman–Crippen MR) is 116 cm³/mol. The molecule has 0 aliphatic heterocycles. The first kappa shape index (κ1) is 21.4. The summed E-state index contributed by atoms with van der Waals surface area (Å²) in [5.74, 6) is 0.787. The molecule has 3 amide bonds. The second kappa shape index (κ2) is 9.96. The predicted octanol–water partition coefficient (Wildman–Crippen LogP) is 4.86. The van der Waals surface area contributed by atoms with Crippen LogP contribution in [0.15, 0.2) is 60.8 Å². The van der Waals surface area contributed by atoms with Crippen LogP contribution in [0.3, 0.4) is 0 Å². The molecule has 0 fully saturated rings. The number of ether oxygens (including phenoxy) is 1. The maximum atomic E-state index is 12.1. The molecule has 0 spiro atoms. The van der Waals surface area contributed by atoms with Gasteiger partial charge in [0.2, 0.25) is 0 Å². The highest BCUT2D eigenvalue weighted by Crippen LogP contribution is 2.29. The molecule has 3 N–H and O–H groups in total. The molecule has 0 radical (unpaired) electrons. The number of carbonyl (C=O) groups excluding carboxylic acids is 2. The fraction of sp³-hybridized carbons (Fsp3) is 0.0952. The van der Waals surface area contributed by atoms with Crippen LogP contribution in [0, 0.1) is 0 Å². The molecule has 0 bridgehead atoms. The summed E-state index contributed by atoms with van der Waals surface area (Å²) in [5.41, 5.74) is 1.57. The number of aromatic nitrogens is 1. The molecule has 3 aromatic rings. The Balaban J connectivity index is 1.55. The molecule has 30 heavy (non-hydrogen) atoms. The Morgan fingerprint density at radius 3 is 2.53 bits per heavy atom. The van der Waals surface area contributed by atoms with Gasteiger partial charge in [0.25, 0.3) is 5.91 Å². The standard InChI is InChI=1S/C21H18Cl2N4O3/c1-24-20(28)18-11-15(9-10-25-18)30-14-7-5-13(6-8-14)12-26-21(29)27-17-4-2-3-16(22)19(17)23/h2-11H,12H2,1H3,(H,24,28)(H2,26,27,29). The van der Waals surface area contributed by atoms with Gasteiger partial charge in [-0.2, -0.15) is 0 Å². The Morgan fingerprint density at radius 1 is 1.03 bits per heavy atom. The molecule has 9 heteroatoms. The normalized spacial score (nSPS) is 10.2. The molecule has 154 valence electrons.